The molecule has 1 N–H and O–H groups in total. The Morgan fingerprint density at radius 3 is 2.75 bits per heavy atom. The molecule has 1 aromatic rings. The van der Waals surface area contributed by atoms with Gasteiger partial charge in [0.05, 0.1) is 5.69 Å². The zero-order valence-corrected chi connectivity index (χ0v) is 10.7. The molecule has 90 valence electrons. The Bertz CT molecular complexity index is 358. The number of nitrogens with zero attached hydrogens (tertiary/aromatic N) is 3. The fraction of sp³-hybridized carbons (Fsp3) is 0.750. The van der Waals surface area contributed by atoms with Gasteiger partial charge in [-0.2, -0.15) is 0 Å². The SMILES string of the molecule is Cc1cn(C)c(NC2CCN(C)CC2C)n1. The number of hydrogen-bond acceptors (Lipinski definition) is 3. The summed E-state index contributed by atoms with van der Waals surface area (Å²) in [6, 6.07) is 0.552. The van der Waals surface area contributed by atoms with Crippen LogP contribution in [0.2, 0.25) is 0 Å². The Hall–Kier alpha value is -1.03. The minimum Gasteiger partial charge on any atom is -0.353 e. The molecule has 0 radical (unpaired) electrons. The van der Waals surface area contributed by atoms with Crippen molar-refractivity contribution in [1.29, 1.82) is 0 Å². The van der Waals surface area contributed by atoms with Crippen molar-refractivity contribution in [1.82, 2.24) is 14.5 Å². The van der Waals surface area contributed by atoms with E-state index in [1.165, 1.54) is 19.5 Å². The molecule has 2 unspecified atom stereocenters. The summed E-state index contributed by atoms with van der Waals surface area (Å²) in [6.45, 7) is 6.68. The highest BCUT2D eigenvalue weighted by Crippen LogP contribution is 2.19. The van der Waals surface area contributed by atoms with Crippen molar-refractivity contribution in [2.45, 2.75) is 26.3 Å². The second-order valence-electron chi connectivity index (χ2n) is 5.10. The van der Waals surface area contributed by atoms with Gasteiger partial charge < -0.3 is 14.8 Å². The molecule has 0 bridgehead atoms. The number of likely N-dealkylation sites (tertiary alicyclic amines) is 1. The first kappa shape index (κ1) is 11.5. The average molecular weight is 222 g/mol. The predicted molar refractivity (Wildman–Crippen MR) is 66.6 cm³/mol. The summed E-state index contributed by atoms with van der Waals surface area (Å²) < 4.78 is 2.07. The van der Waals surface area contributed by atoms with Crippen LogP contribution in [0, 0.1) is 12.8 Å². The van der Waals surface area contributed by atoms with E-state index < -0.39 is 0 Å². The third-order valence-electron chi connectivity index (χ3n) is 3.42. The van der Waals surface area contributed by atoms with Crippen molar-refractivity contribution in [3.63, 3.8) is 0 Å². The van der Waals surface area contributed by atoms with Crippen molar-refractivity contribution in [2.75, 3.05) is 25.5 Å². The summed E-state index contributed by atoms with van der Waals surface area (Å²) in [5, 5.41) is 3.57. The van der Waals surface area contributed by atoms with Crippen molar-refractivity contribution in [2.24, 2.45) is 13.0 Å². The second kappa shape index (κ2) is 4.45. The summed E-state index contributed by atoms with van der Waals surface area (Å²) in [6.07, 6.45) is 3.26. The lowest BCUT2D eigenvalue weighted by Gasteiger charge is -2.35. The van der Waals surface area contributed by atoms with Gasteiger partial charge in [0, 0.05) is 25.8 Å². The highest BCUT2D eigenvalue weighted by atomic mass is 15.2. The van der Waals surface area contributed by atoms with Crippen molar-refractivity contribution < 1.29 is 0 Å². The van der Waals surface area contributed by atoms with E-state index in [1.807, 2.05) is 14.0 Å². The molecule has 1 aliphatic rings. The second-order valence-corrected chi connectivity index (χ2v) is 5.10. The molecule has 1 fully saturated rings. The predicted octanol–water partition coefficient (Wildman–Crippen LogP) is 1.48. The lowest BCUT2D eigenvalue weighted by molar-refractivity contribution is 0.205. The molecule has 4 nitrogen and oxygen atoms in total. The maximum absolute atomic E-state index is 4.50. The van der Waals surface area contributed by atoms with Crippen LogP contribution in [0.15, 0.2) is 6.20 Å². The maximum Gasteiger partial charge on any atom is 0.203 e. The van der Waals surface area contributed by atoms with Crippen molar-refractivity contribution in [3.8, 4) is 0 Å². The van der Waals surface area contributed by atoms with E-state index >= 15 is 0 Å². The summed E-state index contributed by atoms with van der Waals surface area (Å²) in [5.74, 6) is 1.68. The standard InChI is InChI=1S/C12H22N4/c1-9-7-15(3)6-5-11(9)14-12-13-10(2)8-16(12)4/h8-9,11H,5-7H2,1-4H3,(H,13,14). The molecule has 1 saturated heterocycles. The highest BCUT2D eigenvalue weighted by Gasteiger charge is 2.24. The Balaban J connectivity index is 2.02. The summed E-state index contributed by atoms with van der Waals surface area (Å²) >= 11 is 0. The van der Waals surface area contributed by atoms with Crippen LogP contribution in [0.4, 0.5) is 5.95 Å². The van der Waals surface area contributed by atoms with Gasteiger partial charge in [-0.25, -0.2) is 4.98 Å². The van der Waals surface area contributed by atoms with E-state index in [0.717, 1.165) is 11.6 Å². The molecule has 2 atom stereocenters. The molecule has 1 aromatic heterocycles. The van der Waals surface area contributed by atoms with Gasteiger partial charge in [-0.3, -0.25) is 0 Å². The summed E-state index contributed by atoms with van der Waals surface area (Å²) in [4.78, 5) is 6.89. The number of piperidine rings is 1. The number of anilines is 1. The Morgan fingerprint density at radius 1 is 1.44 bits per heavy atom. The van der Waals surface area contributed by atoms with Gasteiger partial charge >= 0.3 is 0 Å². The molecule has 4 heteroatoms. The monoisotopic (exact) mass is 222 g/mol. The fourth-order valence-electron chi connectivity index (χ4n) is 2.48. The van der Waals surface area contributed by atoms with E-state index in [9.17, 15) is 0 Å². The third-order valence-corrected chi connectivity index (χ3v) is 3.42. The number of aryl methyl sites for hydroxylation is 2. The number of nitrogens with one attached hydrogen (secondary N) is 1. The van der Waals surface area contributed by atoms with E-state index in [-0.39, 0.29) is 0 Å². The maximum atomic E-state index is 4.50. The van der Waals surface area contributed by atoms with Gasteiger partial charge in [-0.05, 0) is 32.9 Å². The minimum atomic E-state index is 0.552. The van der Waals surface area contributed by atoms with Crippen LogP contribution in [0.25, 0.3) is 0 Å². The Kier molecular flexibility index (Phi) is 3.19. The zero-order valence-electron chi connectivity index (χ0n) is 10.7. The van der Waals surface area contributed by atoms with Crippen LogP contribution in [0.3, 0.4) is 0 Å². The van der Waals surface area contributed by atoms with Crippen molar-refractivity contribution >= 4 is 5.95 Å². The van der Waals surface area contributed by atoms with E-state index in [2.05, 4.69) is 39.9 Å². The molecule has 16 heavy (non-hydrogen) atoms. The first-order chi connectivity index (χ1) is 7.56. The molecule has 2 heterocycles. The number of imidazole rings is 1. The fourth-order valence-corrected chi connectivity index (χ4v) is 2.48. The van der Waals surface area contributed by atoms with Crippen LogP contribution in [0.1, 0.15) is 19.0 Å². The molecule has 0 amide bonds. The van der Waals surface area contributed by atoms with Crippen LogP contribution >= 0.6 is 0 Å². The van der Waals surface area contributed by atoms with E-state index in [4.69, 9.17) is 0 Å². The van der Waals surface area contributed by atoms with E-state index in [0.29, 0.717) is 12.0 Å². The van der Waals surface area contributed by atoms with Gasteiger partial charge in [0.15, 0.2) is 0 Å². The third kappa shape index (κ3) is 2.38. The smallest absolute Gasteiger partial charge is 0.203 e. The van der Waals surface area contributed by atoms with Gasteiger partial charge in [-0.1, -0.05) is 6.92 Å². The summed E-state index contributed by atoms with van der Waals surface area (Å²) in [5.41, 5.74) is 1.07. The van der Waals surface area contributed by atoms with Gasteiger partial charge in [0.1, 0.15) is 0 Å². The number of rotatable bonds is 2. The Labute approximate surface area is 97.7 Å². The highest BCUT2D eigenvalue weighted by molar-refractivity contribution is 5.30. The lowest BCUT2D eigenvalue weighted by Crippen LogP contribution is -2.43. The van der Waals surface area contributed by atoms with Crippen LogP contribution in [-0.4, -0.2) is 40.6 Å². The Morgan fingerprint density at radius 2 is 2.19 bits per heavy atom. The van der Waals surface area contributed by atoms with Crippen molar-refractivity contribution in [3.05, 3.63) is 11.9 Å². The van der Waals surface area contributed by atoms with Crippen LogP contribution in [0.5, 0.6) is 0 Å². The molecule has 0 aromatic carbocycles. The normalized spacial score (nSPS) is 27.0. The van der Waals surface area contributed by atoms with Gasteiger partial charge in [0.25, 0.3) is 0 Å². The summed E-state index contributed by atoms with van der Waals surface area (Å²) in [7, 11) is 4.24. The average Bonchev–Trinajstić information content (AvgIpc) is 2.50. The molecule has 0 aliphatic carbocycles. The van der Waals surface area contributed by atoms with Gasteiger partial charge in [0.2, 0.25) is 5.95 Å². The molecular formula is C12H22N4. The lowest BCUT2D eigenvalue weighted by atomic mass is 9.94. The molecule has 2 rings (SSSR count). The molecule has 0 spiro atoms. The zero-order chi connectivity index (χ0) is 11.7. The molecule has 0 saturated carbocycles. The largest absolute Gasteiger partial charge is 0.353 e. The molecular weight excluding hydrogens is 200 g/mol. The quantitative estimate of drug-likeness (QED) is 0.823. The van der Waals surface area contributed by atoms with E-state index in [1.54, 1.807) is 0 Å². The van der Waals surface area contributed by atoms with Gasteiger partial charge in [-0.15, -0.1) is 0 Å². The number of hydrogen-bond donors (Lipinski definition) is 1. The first-order valence-electron chi connectivity index (χ1n) is 6.01. The minimum absolute atomic E-state index is 0.552. The topological polar surface area (TPSA) is 33.1 Å². The number of aromatic nitrogens is 2. The van der Waals surface area contributed by atoms with Crippen LogP contribution < -0.4 is 5.32 Å². The van der Waals surface area contributed by atoms with Crippen LogP contribution in [-0.2, 0) is 7.05 Å². The molecule has 1 aliphatic heterocycles. The first-order valence-corrected chi connectivity index (χ1v) is 6.01.